The van der Waals surface area contributed by atoms with E-state index in [-0.39, 0.29) is 0 Å². The summed E-state index contributed by atoms with van der Waals surface area (Å²) in [5.74, 6) is 0. The highest BCUT2D eigenvalue weighted by Gasteiger charge is 2.16. The molecule has 0 nitrogen and oxygen atoms in total. The second kappa shape index (κ2) is 6.58. The SMILES string of the molecule is C=CCCCCc1cccc2c1C=C(c1ccccc1)C2. The van der Waals surface area contributed by atoms with Gasteiger partial charge >= 0.3 is 0 Å². The molecule has 1 aliphatic carbocycles. The van der Waals surface area contributed by atoms with Gasteiger partial charge in [-0.05, 0) is 59.9 Å². The largest absolute Gasteiger partial charge is 0.103 e. The summed E-state index contributed by atoms with van der Waals surface area (Å²) in [6.45, 7) is 3.80. The number of rotatable bonds is 6. The Labute approximate surface area is 127 Å². The van der Waals surface area contributed by atoms with Crippen LogP contribution in [0.4, 0.5) is 0 Å². The standard InChI is InChI=1S/C21H22/c1-2-3-4-6-12-18-13-9-14-19-15-20(16-21(18)19)17-10-7-5-8-11-17/h2,5,7-11,13-14,16H,1,3-4,6,12,15H2. The Bertz CT molecular complexity index is 647. The van der Waals surface area contributed by atoms with E-state index in [9.17, 15) is 0 Å². The summed E-state index contributed by atoms with van der Waals surface area (Å²) >= 11 is 0. The van der Waals surface area contributed by atoms with Crippen molar-refractivity contribution in [3.05, 3.63) is 83.4 Å². The Balaban J connectivity index is 1.80. The van der Waals surface area contributed by atoms with Gasteiger partial charge in [0.1, 0.15) is 0 Å². The van der Waals surface area contributed by atoms with Gasteiger partial charge in [-0.25, -0.2) is 0 Å². The molecule has 0 heterocycles. The first-order valence-electron chi connectivity index (χ1n) is 7.86. The number of fused-ring (bicyclic) bond motifs is 1. The summed E-state index contributed by atoms with van der Waals surface area (Å²) in [4.78, 5) is 0. The molecule has 0 saturated heterocycles. The normalized spacial score (nSPS) is 12.9. The van der Waals surface area contributed by atoms with E-state index >= 15 is 0 Å². The van der Waals surface area contributed by atoms with Crippen molar-refractivity contribution >= 4 is 11.6 Å². The Morgan fingerprint density at radius 1 is 0.952 bits per heavy atom. The number of unbranched alkanes of at least 4 members (excludes halogenated alkanes) is 2. The molecule has 0 bridgehead atoms. The molecule has 0 aromatic heterocycles. The predicted molar refractivity (Wildman–Crippen MR) is 92.2 cm³/mol. The van der Waals surface area contributed by atoms with E-state index in [1.807, 2.05) is 6.08 Å². The van der Waals surface area contributed by atoms with Gasteiger partial charge in [0.25, 0.3) is 0 Å². The second-order valence-electron chi connectivity index (χ2n) is 5.74. The summed E-state index contributed by atoms with van der Waals surface area (Å²) < 4.78 is 0. The van der Waals surface area contributed by atoms with Gasteiger partial charge in [0.2, 0.25) is 0 Å². The second-order valence-corrected chi connectivity index (χ2v) is 5.74. The fourth-order valence-corrected chi connectivity index (χ4v) is 3.10. The van der Waals surface area contributed by atoms with Crippen molar-refractivity contribution in [2.45, 2.75) is 32.1 Å². The molecule has 0 heteroatoms. The molecule has 2 aromatic rings. The van der Waals surface area contributed by atoms with Gasteiger partial charge in [0.15, 0.2) is 0 Å². The molecule has 1 aliphatic rings. The minimum absolute atomic E-state index is 1.07. The molecule has 0 spiro atoms. The minimum Gasteiger partial charge on any atom is -0.103 e. The Kier molecular flexibility index (Phi) is 4.35. The van der Waals surface area contributed by atoms with Crippen LogP contribution in [0.5, 0.6) is 0 Å². The average Bonchev–Trinajstić information content (AvgIpc) is 2.97. The van der Waals surface area contributed by atoms with E-state index in [0.717, 1.165) is 12.8 Å². The van der Waals surface area contributed by atoms with Crippen molar-refractivity contribution in [3.8, 4) is 0 Å². The van der Waals surface area contributed by atoms with E-state index in [1.165, 1.54) is 47.1 Å². The molecule has 21 heavy (non-hydrogen) atoms. The van der Waals surface area contributed by atoms with Gasteiger partial charge in [-0.15, -0.1) is 6.58 Å². The van der Waals surface area contributed by atoms with Crippen molar-refractivity contribution in [2.24, 2.45) is 0 Å². The third kappa shape index (κ3) is 3.16. The van der Waals surface area contributed by atoms with Gasteiger partial charge in [0, 0.05) is 0 Å². The van der Waals surface area contributed by atoms with Gasteiger partial charge in [0.05, 0.1) is 0 Å². The van der Waals surface area contributed by atoms with E-state index in [0.29, 0.717) is 0 Å². The Morgan fingerprint density at radius 2 is 1.81 bits per heavy atom. The van der Waals surface area contributed by atoms with Crippen LogP contribution in [-0.2, 0) is 12.8 Å². The molecule has 0 radical (unpaired) electrons. The molecule has 3 rings (SSSR count). The lowest BCUT2D eigenvalue weighted by Gasteiger charge is -2.06. The van der Waals surface area contributed by atoms with Crippen molar-refractivity contribution in [3.63, 3.8) is 0 Å². The van der Waals surface area contributed by atoms with Crippen LogP contribution in [-0.4, -0.2) is 0 Å². The van der Waals surface area contributed by atoms with Crippen molar-refractivity contribution in [2.75, 3.05) is 0 Å². The molecule has 0 fully saturated rings. The van der Waals surface area contributed by atoms with Crippen LogP contribution >= 0.6 is 0 Å². The van der Waals surface area contributed by atoms with Gasteiger partial charge in [-0.2, -0.15) is 0 Å². The first kappa shape index (κ1) is 13.9. The molecule has 0 amide bonds. The zero-order valence-corrected chi connectivity index (χ0v) is 12.5. The lowest BCUT2D eigenvalue weighted by Crippen LogP contribution is -1.92. The van der Waals surface area contributed by atoms with E-state index < -0.39 is 0 Å². The van der Waals surface area contributed by atoms with E-state index in [1.54, 1.807) is 0 Å². The highest BCUT2D eigenvalue weighted by Crippen LogP contribution is 2.33. The zero-order valence-electron chi connectivity index (χ0n) is 12.5. The lowest BCUT2D eigenvalue weighted by molar-refractivity contribution is 0.747. The molecule has 2 aromatic carbocycles. The minimum atomic E-state index is 1.07. The van der Waals surface area contributed by atoms with Crippen LogP contribution in [0.2, 0.25) is 0 Å². The summed E-state index contributed by atoms with van der Waals surface area (Å²) in [7, 11) is 0. The van der Waals surface area contributed by atoms with Crippen LogP contribution in [0.15, 0.2) is 61.2 Å². The van der Waals surface area contributed by atoms with Gasteiger partial charge in [-0.3, -0.25) is 0 Å². The summed E-state index contributed by atoms with van der Waals surface area (Å²) in [6.07, 6.45) is 10.3. The van der Waals surface area contributed by atoms with Crippen molar-refractivity contribution < 1.29 is 0 Å². The quantitative estimate of drug-likeness (QED) is 0.469. The number of hydrogen-bond donors (Lipinski definition) is 0. The number of benzene rings is 2. The number of allylic oxidation sites excluding steroid dienone is 2. The molecule has 106 valence electrons. The summed E-state index contributed by atoms with van der Waals surface area (Å²) in [5.41, 5.74) is 7.25. The topological polar surface area (TPSA) is 0 Å². The predicted octanol–water partition coefficient (Wildman–Crippen LogP) is 5.68. The number of hydrogen-bond acceptors (Lipinski definition) is 0. The van der Waals surface area contributed by atoms with Gasteiger partial charge < -0.3 is 0 Å². The van der Waals surface area contributed by atoms with Crippen LogP contribution in [0.3, 0.4) is 0 Å². The van der Waals surface area contributed by atoms with E-state index in [2.05, 4.69) is 61.2 Å². The van der Waals surface area contributed by atoms with E-state index in [4.69, 9.17) is 0 Å². The summed E-state index contributed by atoms with van der Waals surface area (Å²) in [5, 5.41) is 0. The maximum atomic E-state index is 3.80. The van der Waals surface area contributed by atoms with Gasteiger partial charge in [-0.1, -0.05) is 60.7 Å². The first-order valence-corrected chi connectivity index (χ1v) is 7.86. The Hall–Kier alpha value is -2.08. The molecular weight excluding hydrogens is 252 g/mol. The summed E-state index contributed by atoms with van der Waals surface area (Å²) in [6, 6.07) is 17.5. The van der Waals surface area contributed by atoms with Crippen LogP contribution in [0.1, 0.15) is 41.5 Å². The average molecular weight is 274 g/mol. The highest BCUT2D eigenvalue weighted by molar-refractivity contribution is 5.89. The monoisotopic (exact) mass is 274 g/mol. The molecule has 0 saturated carbocycles. The smallest absolute Gasteiger partial charge is 0.00136 e. The van der Waals surface area contributed by atoms with Crippen LogP contribution in [0, 0.1) is 0 Å². The third-order valence-corrected chi connectivity index (χ3v) is 4.24. The zero-order chi connectivity index (χ0) is 14.5. The molecule has 0 N–H and O–H groups in total. The third-order valence-electron chi connectivity index (χ3n) is 4.24. The molecule has 0 aliphatic heterocycles. The van der Waals surface area contributed by atoms with Crippen molar-refractivity contribution in [1.29, 1.82) is 0 Å². The van der Waals surface area contributed by atoms with Crippen LogP contribution < -0.4 is 0 Å². The molecule has 0 atom stereocenters. The fraction of sp³-hybridized carbons (Fsp3) is 0.238. The number of aryl methyl sites for hydroxylation is 1. The maximum absolute atomic E-state index is 3.80. The lowest BCUT2D eigenvalue weighted by atomic mass is 9.98. The van der Waals surface area contributed by atoms with Crippen molar-refractivity contribution in [1.82, 2.24) is 0 Å². The molecular formula is C21H22. The maximum Gasteiger partial charge on any atom is -0.00136 e. The highest BCUT2D eigenvalue weighted by atomic mass is 14.2. The first-order chi connectivity index (χ1) is 10.4. The molecule has 0 unspecified atom stereocenters. The Morgan fingerprint density at radius 3 is 2.62 bits per heavy atom. The fourth-order valence-electron chi connectivity index (χ4n) is 3.10. The van der Waals surface area contributed by atoms with Crippen LogP contribution in [0.25, 0.3) is 11.6 Å².